The van der Waals surface area contributed by atoms with Crippen LogP contribution >= 0.6 is 0 Å². The molecule has 0 radical (unpaired) electrons. The van der Waals surface area contributed by atoms with E-state index in [0.29, 0.717) is 24.2 Å². The van der Waals surface area contributed by atoms with Crippen LogP contribution in [-0.2, 0) is 4.79 Å². The summed E-state index contributed by atoms with van der Waals surface area (Å²) >= 11 is 0. The highest BCUT2D eigenvalue weighted by Gasteiger charge is 2.06. The highest BCUT2D eigenvalue weighted by atomic mass is 16.3. The maximum Gasteiger partial charge on any atom is 0.251 e. The summed E-state index contributed by atoms with van der Waals surface area (Å²) in [6, 6.07) is 6.69. The van der Waals surface area contributed by atoms with Crippen molar-refractivity contribution in [2.75, 3.05) is 11.9 Å². The van der Waals surface area contributed by atoms with Crippen LogP contribution in [0.5, 0.6) is 0 Å². The van der Waals surface area contributed by atoms with Crippen LogP contribution < -0.4 is 10.6 Å². The maximum atomic E-state index is 11.5. The molecule has 0 aromatic heterocycles. The van der Waals surface area contributed by atoms with Crippen molar-refractivity contribution in [2.45, 2.75) is 32.8 Å². The summed E-state index contributed by atoms with van der Waals surface area (Å²) in [5.74, 6) is -0.277. The Morgan fingerprint density at radius 3 is 2.42 bits per heavy atom. The molecule has 104 valence electrons. The largest absolute Gasteiger partial charge is 0.393 e. The number of anilines is 1. The van der Waals surface area contributed by atoms with E-state index >= 15 is 0 Å². The molecule has 1 atom stereocenters. The lowest BCUT2D eigenvalue weighted by Gasteiger charge is -2.07. The van der Waals surface area contributed by atoms with Crippen molar-refractivity contribution in [1.82, 2.24) is 5.32 Å². The third-order valence-corrected chi connectivity index (χ3v) is 2.56. The number of benzene rings is 1. The number of hydrogen-bond donors (Lipinski definition) is 3. The molecule has 5 heteroatoms. The number of aliphatic hydroxyl groups excluding tert-OH is 1. The van der Waals surface area contributed by atoms with Crippen molar-refractivity contribution in [3.05, 3.63) is 29.8 Å². The number of amides is 2. The Morgan fingerprint density at radius 2 is 1.89 bits per heavy atom. The minimum Gasteiger partial charge on any atom is -0.393 e. The summed E-state index contributed by atoms with van der Waals surface area (Å²) in [6.45, 7) is 4.08. The van der Waals surface area contributed by atoms with Gasteiger partial charge in [0.25, 0.3) is 5.91 Å². The van der Waals surface area contributed by atoms with Crippen molar-refractivity contribution < 1.29 is 14.7 Å². The zero-order chi connectivity index (χ0) is 14.3. The van der Waals surface area contributed by atoms with Crippen LogP contribution in [0.3, 0.4) is 0 Å². The van der Waals surface area contributed by atoms with Gasteiger partial charge in [-0.05, 0) is 44.5 Å². The van der Waals surface area contributed by atoms with Gasteiger partial charge in [-0.25, -0.2) is 0 Å². The fourth-order valence-electron chi connectivity index (χ4n) is 1.53. The summed E-state index contributed by atoms with van der Waals surface area (Å²) in [6.07, 6.45) is 0.226. The molecule has 0 saturated heterocycles. The molecule has 0 heterocycles. The van der Waals surface area contributed by atoms with E-state index < -0.39 is 6.10 Å². The zero-order valence-corrected chi connectivity index (χ0v) is 11.3. The third kappa shape index (κ3) is 5.52. The molecule has 0 aliphatic heterocycles. The molecule has 1 rings (SSSR count). The van der Waals surface area contributed by atoms with Gasteiger partial charge >= 0.3 is 0 Å². The minimum atomic E-state index is -0.481. The van der Waals surface area contributed by atoms with Gasteiger partial charge in [0, 0.05) is 24.2 Å². The number of nitrogens with one attached hydrogen (secondary N) is 2. The first kappa shape index (κ1) is 15.2. The quantitative estimate of drug-likeness (QED) is 0.729. The molecule has 19 heavy (non-hydrogen) atoms. The highest BCUT2D eigenvalue weighted by molar-refractivity contribution is 5.95. The molecule has 1 unspecified atom stereocenters. The summed E-state index contributed by atoms with van der Waals surface area (Å²) in [4.78, 5) is 23.1. The molecular weight excluding hydrogens is 244 g/mol. The van der Waals surface area contributed by atoms with E-state index in [1.54, 1.807) is 31.2 Å². The molecule has 0 aliphatic rings. The summed E-state index contributed by atoms with van der Waals surface area (Å²) in [5.41, 5.74) is 1.20. The number of hydrogen-bond acceptors (Lipinski definition) is 3. The van der Waals surface area contributed by atoms with Gasteiger partial charge in [-0.1, -0.05) is 0 Å². The topological polar surface area (TPSA) is 78.4 Å². The summed E-state index contributed by atoms with van der Waals surface area (Å²) < 4.78 is 0. The van der Waals surface area contributed by atoms with Gasteiger partial charge in [0.15, 0.2) is 0 Å². The minimum absolute atomic E-state index is 0.130. The average Bonchev–Trinajstić information content (AvgIpc) is 2.37. The molecule has 0 fully saturated rings. The van der Waals surface area contributed by atoms with Crippen LogP contribution in [0, 0.1) is 0 Å². The second-order valence-electron chi connectivity index (χ2n) is 4.37. The fourth-order valence-corrected chi connectivity index (χ4v) is 1.53. The standard InChI is InChI=1S/C14H20N2O3/c1-3-15-14(19)11-5-7-12(8-6-11)16-13(18)9-4-10(2)17/h5-8,10,17H,3-4,9H2,1-2H3,(H,15,19)(H,16,18). The first-order chi connectivity index (χ1) is 9.02. The Labute approximate surface area is 113 Å². The van der Waals surface area contributed by atoms with Crippen LogP contribution in [0.25, 0.3) is 0 Å². The molecule has 0 spiro atoms. The molecule has 0 bridgehead atoms. The Hall–Kier alpha value is -1.88. The molecule has 5 nitrogen and oxygen atoms in total. The Morgan fingerprint density at radius 1 is 1.26 bits per heavy atom. The van der Waals surface area contributed by atoms with Crippen LogP contribution in [0.15, 0.2) is 24.3 Å². The zero-order valence-electron chi connectivity index (χ0n) is 11.3. The van der Waals surface area contributed by atoms with Crippen LogP contribution in [-0.4, -0.2) is 29.6 Å². The van der Waals surface area contributed by atoms with Crippen LogP contribution in [0.4, 0.5) is 5.69 Å². The van der Waals surface area contributed by atoms with Gasteiger partial charge in [-0.2, -0.15) is 0 Å². The summed E-state index contributed by atoms with van der Waals surface area (Å²) in [5, 5.41) is 14.5. The lowest BCUT2D eigenvalue weighted by atomic mass is 10.2. The Kier molecular flexibility index (Phi) is 6.02. The SMILES string of the molecule is CCNC(=O)c1ccc(NC(=O)CCC(C)O)cc1. The van der Waals surface area contributed by atoms with Crippen LogP contribution in [0.1, 0.15) is 37.0 Å². The van der Waals surface area contributed by atoms with Gasteiger partial charge in [-0.3, -0.25) is 9.59 Å². The van der Waals surface area contributed by atoms with Crippen LogP contribution in [0.2, 0.25) is 0 Å². The molecule has 2 amide bonds. The van der Waals surface area contributed by atoms with Gasteiger partial charge in [0.05, 0.1) is 6.10 Å². The second kappa shape index (κ2) is 7.53. The van der Waals surface area contributed by atoms with E-state index in [4.69, 9.17) is 5.11 Å². The molecule has 3 N–H and O–H groups in total. The normalized spacial score (nSPS) is 11.7. The molecule has 0 saturated carbocycles. The monoisotopic (exact) mass is 264 g/mol. The maximum absolute atomic E-state index is 11.5. The van der Waals surface area contributed by atoms with Gasteiger partial charge < -0.3 is 15.7 Å². The molecule has 0 aliphatic carbocycles. The van der Waals surface area contributed by atoms with Gasteiger partial charge in [-0.15, -0.1) is 0 Å². The second-order valence-corrected chi connectivity index (χ2v) is 4.37. The predicted molar refractivity (Wildman–Crippen MR) is 74.0 cm³/mol. The molecule has 1 aromatic rings. The van der Waals surface area contributed by atoms with Gasteiger partial charge in [0.1, 0.15) is 0 Å². The highest BCUT2D eigenvalue weighted by Crippen LogP contribution is 2.10. The molecular formula is C14H20N2O3. The average molecular weight is 264 g/mol. The van der Waals surface area contributed by atoms with Crippen molar-refractivity contribution in [1.29, 1.82) is 0 Å². The lowest BCUT2D eigenvalue weighted by molar-refractivity contribution is -0.116. The Bertz CT molecular complexity index is 427. The first-order valence-corrected chi connectivity index (χ1v) is 6.39. The number of carbonyl (C=O) groups is 2. The number of carbonyl (C=O) groups excluding carboxylic acids is 2. The third-order valence-electron chi connectivity index (χ3n) is 2.56. The van der Waals surface area contributed by atoms with E-state index in [1.165, 1.54) is 0 Å². The fraction of sp³-hybridized carbons (Fsp3) is 0.429. The predicted octanol–water partition coefficient (Wildman–Crippen LogP) is 1.54. The molecule has 1 aromatic carbocycles. The van der Waals surface area contributed by atoms with E-state index in [-0.39, 0.29) is 18.2 Å². The smallest absolute Gasteiger partial charge is 0.251 e. The van der Waals surface area contributed by atoms with Crippen molar-refractivity contribution in [2.24, 2.45) is 0 Å². The van der Waals surface area contributed by atoms with Gasteiger partial charge in [0.2, 0.25) is 5.91 Å². The van der Waals surface area contributed by atoms with E-state index in [0.717, 1.165) is 0 Å². The van der Waals surface area contributed by atoms with Crippen molar-refractivity contribution >= 4 is 17.5 Å². The first-order valence-electron chi connectivity index (χ1n) is 6.39. The Balaban J connectivity index is 2.52. The van der Waals surface area contributed by atoms with E-state index in [1.807, 2.05) is 6.92 Å². The van der Waals surface area contributed by atoms with E-state index in [2.05, 4.69) is 10.6 Å². The summed E-state index contributed by atoms with van der Waals surface area (Å²) in [7, 11) is 0. The van der Waals surface area contributed by atoms with E-state index in [9.17, 15) is 9.59 Å². The lowest BCUT2D eigenvalue weighted by Crippen LogP contribution is -2.22. The van der Waals surface area contributed by atoms with Crippen molar-refractivity contribution in [3.63, 3.8) is 0 Å². The van der Waals surface area contributed by atoms with Crippen molar-refractivity contribution in [3.8, 4) is 0 Å². The number of rotatable bonds is 6. The number of aliphatic hydroxyl groups is 1.